The largest absolute Gasteiger partial charge is 0.378 e. The van der Waals surface area contributed by atoms with Crippen LogP contribution in [0.4, 0.5) is 0 Å². The number of carbonyl (C=O) groups excluding carboxylic acids is 1. The maximum absolute atomic E-state index is 11.5. The molecule has 14 heavy (non-hydrogen) atoms. The zero-order valence-corrected chi connectivity index (χ0v) is 9.06. The van der Waals surface area contributed by atoms with Gasteiger partial charge in [0.25, 0.3) is 0 Å². The van der Waals surface area contributed by atoms with Gasteiger partial charge in [-0.05, 0) is 26.2 Å². The lowest BCUT2D eigenvalue weighted by atomic mass is 9.76. The van der Waals surface area contributed by atoms with E-state index in [-0.39, 0.29) is 11.4 Å². The fourth-order valence-corrected chi connectivity index (χ4v) is 1.80. The summed E-state index contributed by atoms with van der Waals surface area (Å²) >= 11 is 0. The highest BCUT2D eigenvalue weighted by Gasteiger charge is 2.38. The Bertz CT molecular complexity index is 248. The van der Waals surface area contributed by atoms with Gasteiger partial charge in [-0.15, -0.1) is 11.8 Å². The average molecular weight is 194 g/mol. The van der Waals surface area contributed by atoms with E-state index in [0.29, 0.717) is 19.3 Å². The Kier molecular flexibility index (Phi) is 4.16. The van der Waals surface area contributed by atoms with E-state index in [1.807, 2.05) is 0 Å². The van der Waals surface area contributed by atoms with Crippen LogP contribution >= 0.6 is 0 Å². The first-order chi connectivity index (χ1) is 6.72. The average Bonchev–Trinajstić information content (AvgIpc) is 2.12. The van der Waals surface area contributed by atoms with Crippen LogP contribution < -0.4 is 0 Å². The van der Waals surface area contributed by atoms with E-state index < -0.39 is 0 Å². The minimum atomic E-state index is -0.114. The Morgan fingerprint density at radius 2 is 2.21 bits per heavy atom. The number of carbonyl (C=O) groups is 1. The van der Waals surface area contributed by atoms with Crippen molar-refractivity contribution >= 4 is 5.78 Å². The molecule has 1 aliphatic carbocycles. The van der Waals surface area contributed by atoms with Gasteiger partial charge < -0.3 is 4.74 Å². The maximum Gasteiger partial charge on any atom is 0.136 e. The zero-order valence-electron chi connectivity index (χ0n) is 9.06. The van der Waals surface area contributed by atoms with Gasteiger partial charge >= 0.3 is 0 Å². The Morgan fingerprint density at radius 3 is 2.64 bits per heavy atom. The van der Waals surface area contributed by atoms with E-state index in [2.05, 4.69) is 11.8 Å². The fraction of sp³-hybridized carbons (Fsp3) is 0.750. The van der Waals surface area contributed by atoms with Crippen molar-refractivity contribution in [2.45, 2.75) is 51.0 Å². The first kappa shape index (κ1) is 11.3. The van der Waals surface area contributed by atoms with Crippen LogP contribution in [0.15, 0.2) is 0 Å². The molecule has 2 nitrogen and oxygen atoms in total. The molecule has 1 rings (SSSR count). The number of methoxy groups -OCH3 is 1. The molecule has 2 heteroatoms. The quantitative estimate of drug-likeness (QED) is 0.628. The molecule has 0 N–H and O–H groups in total. The van der Waals surface area contributed by atoms with Crippen molar-refractivity contribution in [1.29, 1.82) is 0 Å². The van der Waals surface area contributed by atoms with Crippen molar-refractivity contribution in [2.24, 2.45) is 0 Å². The summed E-state index contributed by atoms with van der Waals surface area (Å²) in [5.74, 6) is 5.99. The molecule has 78 valence electrons. The molecule has 0 heterocycles. The fourth-order valence-electron chi connectivity index (χ4n) is 1.80. The molecular formula is C12H18O2. The molecule has 0 aromatic rings. The molecule has 1 saturated carbocycles. The van der Waals surface area contributed by atoms with Gasteiger partial charge in [-0.3, -0.25) is 4.79 Å². The highest BCUT2D eigenvalue weighted by Crippen LogP contribution is 2.38. The van der Waals surface area contributed by atoms with Crippen molar-refractivity contribution < 1.29 is 9.53 Å². The summed E-state index contributed by atoms with van der Waals surface area (Å²) in [7, 11) is 1.71. The molecule has 0 atom stereocenters. The van der Waals surface area contributed by atoms with Crippen molar-refractivity contribution in [2.75, 3.05) is 7.11 Å². The van der Waals surface area contributed by atoms with Crippen LogP contribution in [0.1, 0.15) is 45.4 Å². The van der Waals surface area contributed by atoms with Crippen LogP contribution in [-0.2, 0) is 9.53 Å². The number of ketones is 1. The third kappa shape index (κ3) is 2.85. The van der Waals surface area contributed by atoms with Crippen molar-refractivity contribution in [3.05, 3.63) is 0 Å². The first-order valence-electron chi connectivity index (χ1n) is 5.19. The van der Waals surface area contributed by atoms with E-state index in [1.54, 1.807) is 14.0 Å². The minimum Gasteiger partial charge on any atom is -0.378 e. The molecule has 0 unspecified atom stereocenters. The van der Waals surface area contributed by atoms with Gasteiger partial charge in [-0.25, -0.2) is 0 Å². The number of hydrogen-bond acceptors (Lipinski definition) is 2. The van der Waals surface area contributed by atoms with E-state index >= 15 is 0 Å². The van der Waals surface area contributed by atoms with E-state index in [0.717, 1.165) is 12.8 Å². The summed E-state index contributed by atoms with van der Waals surface area (Å²) in [6, 6.07) is 0. The highest BCUT2D eigenvalue weighted by molar-refractivity contribution is 5.79. The molecule has 0 spiro atoms. The van der Waals surface area contributed by atoms with Gasteiger partial charge in [0.1, 0.15) is 5.78 Å². The second-order valence-corrected chi connectivity index (χ2v) is 3.88. The van der Waals surface area contributed by atoms with Crippen LogP contribution in [0.5, 0.6) is 0 Å². The monoisotopic (exact) mass is 194 g/mol. The summed E-state index contributed by atoms with van der Waals surface area (Å²) in [4.78, 5) is 11.5. The number of hydrogen-bond donors (Lipinski definition) is 0. The second-order valence-electron chi connectivity index (χ2n) is 3.88. The predicted molar refractivity (Wildman–Crippen MR) is 55.9 cm³/mol. The molecule has 0 aromatic carbocycles. The van der Waals surface area contributed by atoms with E-state index in [1.165, 1.54) is 6.42 Å². The second kappa shape index (κ2) is 5.17. The van der Waals surface area contributed by atoms with Gasteiger partial charge in [0.15, 0.2) is 0 Å². The molecule has 0 aliphatic heterocycles. The van der Waals surface area contributed by atoms with Gasteiger partial charge in [0.05, 0.1) is 5.60 Å². The third-order valence-electron chi connectivity index (χ3n) is 2.92. The smallest absolute Gasteiger partial charge is 0.136 e. The molecule has 1 aliphatic rings. The lowest BCUT2D eigenvalue weighted by Gasteiger charge is -2.40. The normalized spacial score (nSPS) is 17.9. The number of Topliss-reactive ketones (excluding diaryl/α,β-unsaturated/α-hetero) is 1. The van der Waals surface area contributed by atoms with Crippen LogP contribution in [0, 0.1) is 11.8 Å². The Morgan fingerprint density at radius 1 is 1.50 bits per heavy atom. The highest BCUT2D eigenvalue weighted by atomic mass is 16.5. The Labute approximate surface area is 86.0 Å². The molecule has 1 fully saturated rings. The van der Waals surface area contributed by atoms with Crippen molar-refractivity contribution in [3.63, 3.8) is 0 Å². The van der Waals surface area contributed by atoms with E-state index in [4.69, 9.17) is 4.74 Å². The number of ether oxygens (including phenoxy) is 1. The van der Waals surface area contributed by atoms with Gasteiger partial charge in [0.2, 0.25) is 0 Å². The summed E-state index contributed by atoms with van der Waals surface area (Å²) in [6.45, 7) is 1.80. The van der Waals surface area contributed by atoms with Gasteiger partial charge in [-0.2, -0.15) is 0 Å². The number of rotatable bonds is 5. The summed E-state index contributed by atoms with van der Waals surface area (Å²) in [6.07, 6.45) is 5.11. The van der Waals surface area contributed by atoms with Crippen molar-refractivity contribution in [1.82, 2.24) is 0 Å². The van der Waals surface area contributed by atoms with Crippen LogP contribution in [0.25, 0.3) is 0 Å². The van der Waals surface area contributed by atoms with Crippen LogP contribution in [-0.4, -0.2) is 18.5 Å². The molecule has 0 radical (unpaired) electrons. The molecule has 0 saturated heterocycles. The third-order valence-corrected chi connectivity index (χ3v) is 2.92. The molecular weight excluding hydrogens is 176 g/mol. The van der Waals surface area contributed by atoms with Crippen LogP contribution in [0.3, 0.4) is 0 Å². The standard InChI is InChI=1S/C12H18O2/c1-3-4-5-7-11(13)10-12(14-2)8-6-9-12/h5-10H2,1-2H3. The predicted octanol–water partition coefficient (Wildman–Crippen LogP) is 2.32. The van der Waals surface area contributed by atoms with E-state index in [9.17, 15) is 4.79 Å². The first-order valence-corrected chi connectivity index (χ1v) is 5.19. The van der Waals surface area contributed by atoms with Gasteiger partial charge in [0, 0.05) is 26.4 Å². The molecule has 0 aromatic heterocycles. The summed E-state index contributed by atoms with van der Waals surface area (Å²) < 4.78 is 5.39. The Balaban J connectivity index is 2.27. The Hall–Kier alpha value is -0.810. The SMILES string of the molecule is CC#CCCC(=O)CC1(OC)CCC1. The molecule has 0 bridgehead atoms. The molecule has 0 amide bonds. The maximum atomic E-state index is 11.5. The van der Waals surface area contributed by atoms with Crippen molar-refractivity contribution in [3.8, 4) is 11.8 Å². The van der Waals surface area contributed by atoms with Crippen LogP contribution in [0.2, 0.25) is 0 Å². The topological polar surface area (TPSA) is 26.3 Å². The lowest BCUT2D eigenvalue weighted by Crippen LogP contribution is -2.41. The lowest BCUT2D eigenvalue weighted by molar-refractivity contribution is -0.132. The van der Waals surface area contributed by atoms with Gasteiger partial charge in [-0.1, -0.05) is 0 Å². The zero-order chi connectivity index (χ0) is 10.4. The minimum absolute atomic E-state index is 0.114. The summed E-state index contributed by atoms with van der Waals surface area (Å²) in [5, 5.41) is 0. The summed E-state index contributed by atoms with van der Waals surface area (Å²) in [5.41, 5.74) is -0.114.